The Morgan fingerprint density at radius 2 is 1.87 bits per heavy atom. The van der Waals surface area contributed by atoms with Crippen LogP contribution in [0.25, 0.3) is 0 Å². The Morgan fingerprint density at radius 1 is 1.13 bits per heavy atom. The molecule has 0 amide bonds. The van der Waals surface area contributed by atoms with E-state index >= 15 is 0 Å². The van der Waals surface area contributed by atoms with Crippen LogP contribution in [0.1, 0.15) is 25.7 Å². The fraction of sp³-hybridized carbons (Fsp3) is 1.00. The molecule has 1 heterocycles. The van der Waals surface area contributed by atoms with Crippen LogP contribution in [-0.4, -0.2) is 55.2 Å². The lowest BCUT2D eigenvalue weighted by molar-refractivity contribution is 0.0762. The molecule has 2 rings (SSSR count). The molecule has 0 radical (unpaired) electrons. The van der Waals surface area contributed by atoms with Gasteiger partial charge in [0.25, 0.3) is 0 Å². The second kappa shape index (κ2) is 5.25. The molecule has 4 nitrogen and oxygen atoms in total. The van der Waals surface area contributed by atoms with Crippen LogP contribution in [0.4, 0.5) is 0 Å². The van der Waals surface area contributed by atoms with E-state index in [1.807, 2.05) is 0 Å². The molecule has 1 aliphatic heterocycles. The van der Waals surface area contributed by atoms with E-state index < -0.39 is 0 Å². The number of hydrogen-bond acceptors (Lipinski definition) is 4. The Labute approximate surface area is 92.8 Å². The molecule has 0 aromatic heterocycles. The highest BCUT2D eigenvalue weighted by Gasteiger charge is 2.22. The molecule has 2 fully saturated rings. The third-order valence-corrected chi connectivity index (χ3v) is 3.58. The zero-order chi connectivity index (χ0) is 10.7. The smallest absolute Gasteiger partial charge is 0.0259 e. The number of rotatable bonds is 2. The van der Waals surface area contributed by atoms with Gasteiger partial charge in [-0.3, -0.25) is 5.43 Å². The molecule has 1 saturated carbocycles. The molecular formula is C11H24N4. The van der Waals surface area contributed by atoms with E-state index in [4.69, 9.17) is 5.73 Å². The molecule has 0 bridgehead atoms. The lowest BCUT2D eigenvalue weighted by Gasteiger charge is -2.37. The number of nitrogens with one attached hydrogen (secondary N) is 1. The highest BCUT2D eigenvalue weighted by atomic mass is 15.5. The molecule has 4 heteroatoms. The van der Waals surface area contributed by atoms with E-state index in [0.717, 1.165) is 19.5 Å². The maximum atomic E-state index is 5.99. The second-order valence-corrected chi connectivity index (χ2v) is 5.04. The Kier molecular flexibility index (Phi) is 3.97. The molecule has 0 spiro atoms. The van der Waals surface area contributed by atoms with Gasteiger partial charge >= 0.3 is 0 Å². The SMILES string of the molecule is CN1CCN(NC2CCCC(N)C2)CC1. The maximum Gasteiger partial charge on any atom is 0.0259 e. The zero-order valence-corrected chi connectivity index (χ0v) is 9.78. The van der Waals surface area contributed by atoms with Crippen molar-refractivity contribution in [3.8, 4) is 0 Å². The van der Waals surface area contributed by atoms with Crippen LogP contribution in [0.15, 0.2) is 0 Å². The van der Waals surface area contributed by atoms with Gasteiger partial charge in [-0.15, -0.1) is 0 Å². The highest BCUT2D eigenvalue weighted by molar-refractivity contribution is 4.80. The minimum Gasteiger partial charge on any atom is -0.328 e. The average Bonchev–Trinajstić information content (AvgIpc) is 2.22. The highest BCUT2D eigenvalue weighted by Crippen LogP contribution is 2.17. The van der Waals surface area contributed by atoms with Crippen LogP contribution in [0.3, 0.4) is 0 Å². The van der Waals surface area contributed by atoms with Crippen LogP contribution >= 0.6 is 0 Å². The molecule has 0 aromatic carbocycles. The van der Waals surface area contributed by atoms with Crippen molar-refractivity contribution in [1.82, 2.24) is 15.3 Å². The van der Waals surface area contributed by atoms with Gasteiger partial charge in [-0.25, -0.2) is 5.01 Å². The summed E-state index contributed by atoms with van der Waals surface area (Å²) < 4.78 is 0. The number of hydrazine groups is 1. The maximum absolute atomic E-state index is 5.99. The summed E-state index contributed by atoms with van der Waals surface area (Å²) in [7, 11) is 2.19. The number of nitrogens with zero attached hydrogens (tertiary/aromatic N) is 2. The van der Waals surface area contributed by atoms with E-state index in [1.54, 1.807) is 0 Å². The standard InChI is InChI=1S/C11H24N4/c1-14-5-7-15(8-6-14)13-11-4-2-3-10(12)9-11/h10-11,13H,2-9,12H2,1H3. The van der Waals surface area contributed by atoms with Gasteiger partial charge < -0.3 is 10.6 Å². The Bertz CT molecular complexity index is 189. The second-order valence-electron chi connectivity index (χ2n) is 5.04. The molecule has 1 saturated heterocycles. The van der Waals surface area contributed by atoms with Gasteiger partial charge in [-0.05, 0) is 26.3 Å². The minimum absolute atomic E-state index is 0.420. The summed E-state index contributed by atoms with van der Waals surface area (Å²) in [5, 5.41) is 2.38. The third kappa shape index (κ3) is 3.41. The molecule has 2 atom stereocenters. The first-order valence-electron chi connectivity index (χ1n) is 6.19. The summed E-state index contributed by atoms with van der Waals surface area (Å²) in [5.41, 5.74) is 9.62. The Morgan fingerprint density at radius 3 is 2.53 bits per heavy atom. The van der Waals surface area contributed by atoms with Crippen molar-refractivity contribution in [2.45, 2.75) is 37.8 Å². The predicted octanol–water partition coefficient (Wildman–Crippen LogP) is 0.00830. The van der Waals surface area contributed by atoms with Gasteiger partial charge in [0, 0.05) is 38.3 Å². The van der Waals surface area contributed by atoms with Crippen molar-refractivity contribution < 1.29 is 0 Å². The first-order valence-corrected chi connectivity index (χ1v) is 6.19. The molecule has 3 N–H and O–H groups in total. The van der Waals surface area contributed by atoms with Crippen molar-refractivity contribution in [3.05, 3.63) is 0 Å². The summed E-state index contributed by atoms with van der Waals surface area (Å²) in [6, 6.07) is 1.04. The quantitative estimate of drug-likeness (QED) is 0.677. The van der Waals surface area contributed by atoms with Crippen LogP contribution in [-0.2, 0) is 0 Å². The topological polar surface area (TPSA) is 44.5 Å². The largest absolute Gasteiger partial charge is 0.328 e. The normalized spacial score (nSPS) is 35.6. The molecule has 0 aromatic rings. The number of hydrogen-bond donors (Lipinski definition) is 2. The van der Waals surface area contributed by atoms with Crippen molar-refractivity contribution in [2.75, 3.05) is 33.2 Å². The molecule has 2 aliphatic rings. The van der Waals surface area contributed by atoms with Crippen LogP contribution in [0.5, 0.6) is 0 Å². The summed E-state index contributed by atoms with van der Waals surface area (Å²) >= 11 is 0. The lowest BCUT2D eigenvalue weighted by atomic mass is 9.92. The fourth-order valence-corrected chi connectivity index (χ4v) is 2.54. The van der Waals surface area contributed by atoms with Crippen molar-refractivity contribution in [3.63, 3.8) is 0 Å². The van der Waals surface area contributed by atoms with E-state index in [0.29, 0.717) is 12.1 Å². The zero-order valence-electron chi connectivity index (χ0n) is 9.78. The Hall–Kier alpha value is -0.160. The van der Waals surface area contributed by atoms with E-state index in [1.165, 1.54) is 32.4 Å². The average molecular weight is 212 g/mol. The predicted molar refractivity (Wildman–Crippen MR) is 62.4 cm³/mol. The van der Waals surface area contributed by atoms with Gasteiger partial charge in [0.05, 0.1) is 0 Å². The molecule has 2 unspecified atom stereocenters. The van der Waals surface area contributed by atoms with Gasteiger partial charge in [0.1, 0.15) is 0 Å². The van der Waals surface area contributed by atoms with Gasteiger partial charge in [0.15, 0.2) is 0 Å². The Balaban J connectivity index is 1.71. The van der Waals surface area contributed by atoms with Crippen molar-refractivity contribution >= 4 is 0 Å². The lowest BCUT2D eigenvalue weighted by Crippen LogP contribution is -2.55. The van der Waals surface area contributed by atoms with Crippen molar-refractivity contribution in [1.29, 1.82) is 0 Å². The monoisotopic (exact) mass is 212 g/mol. The molecular weight excluding hydrogens is 188 g/mol. The first kappa shape index (κ1) is 11.3. The number of piperazine rings is 1. The summed E-state index contributed by atoms with van der Waals surface area (Å²) in [4.78, 5) is 2.38. The van der Waals surface area contributed by atoms with E-state index in [2.05, 4.69) is 22.4 Å². The molecule has 88 valence electrons. The number of likely N-dealkylation sites (N-methyl/N-ethyl adjacent to an activating group) is 1. The fourth-order valence-electron chi connectivity index (χ4n) is 2.54. The van der Waals surface area contributed by atoms with Crippen LogP contribution in [0, 0.1) is 0 Å². The van der Waals surface area contributed by atoms with Crippen molar-refractivity contribution in [2.24, 2.45) is 5.73 Å². The van der Waals surface area contributed by atoms with E-state index in [-0.39, 0.29) is 0 Å². The third-order valence-electron chi connectivity index (χ3n) is 3.58. The first-order chi connectivity index (χ1) is 7.24. The summed E-state index contributed by atoms with van der Waals surface area (Å²) in [5.74, 6) is 0. The van der Waals surface area contributed by atoms with Gasteiger partial charge in [-0.2, -0.15) is 0 Å². The van der Waals surface area contributed by atoms with Crippen LogP contribution in [0.2, 0.25) is 0 Å². The van der Waals surface area contributed by atoms with Crippen LogP contribution < -0.4 is 11.2 Å². The minimum atomic E-state index is 0.420. The van der Waals surface area contributed by atoms with E-state index in [9.17, 15) is 0 Å². The summed E-state index contributed by atoms with van der Waals surface area (Å²) in [6.07, 6.45) is 4.93. The molecule has 15 heavy (non-hydrogen) atoms. The summed E-state index contributed by atoms with van der Waals surface area (Å²) in [6.45, 7) is 4.63. The van der Waals surface area contributed by atoms with Gasteiger partial charge in [0.2, 0.25) is 0 Å². The number of nitrogens with two attached hydrogens (primary N) is 1. The van der Waals surface area contributed by atoms with Gasteiger partial charge in [-0.1, -0.05) is 6.42 Å². The molecule has 1 aliphatic carbocycles.